The molecule has 94 valence electrons. The molecule has 0 N–H and O–H groups in total. The normalized spacial score (nSPS) is 11.0. The van der Waals surface area contributed by atoms with Crippen LogP contribution in [-0.2, 0) is 0 Å². The van der Waals surface area contributed by atoms with E-state index in [1.807, 2.05) is 0 Å². The fourth-order valence-corrected chi connectivity index (χ4v) is 2.96. The second-order valence-electron chi connectivity index (χ2n) is 5.32. The fraction of sp³-hybridized carbons (Fsp3) is 0.294. The SMILES string of the molecule is Cc1cc(C)cc(C(P)c2cc(C)cc(C)c2)c1. The largest absolute Gasteiger partial charge is 0.125 e. The predicted molar refractivity (Wildman–Crippen MR) is 83.4 cm³/mol. The molecule has 0 fully saturated rings. The molecule has 1 heteroatoms. The first-order chi connectivity index (χ1) is 8.45. The molecule has 0 aliphatic heterocycles. The van der Waals surface area contributed by atoms with E-state index in [1.54, 1.807) is 0 Å². The van der Waals surface area contributed by atoms with Gasteiger partial charge in [-0.3, -0.25) is 0 Å². The molecule has 0 aliphatic rings. The Hall–Kier alpha value is -1.13. The summed E-state index contributed by atoms with van der Waals surface area (Å²) in [7, 11) is 2.98. The second kappa shape index (κ2) is 5.24. The first-order valence-corrected chi connectivity index (χ1v) is 7.04. The molecule has 0 nitrogen and oxygen atoms in total. The summed E-state index contributed by atoms with van der Waals surface area (Å²) >= 11 is 0. The number of hydrogen-bond acceptors (Lipinski definition) is 0. The summed E-state index contributed by atoms with van der Waals surface area (Å²) in [5, 5.41) is 0. The minimum atomic E-state index is 0.377. The van der Waals surface area contributed by atoms with Crippen LogP contribution in [0.2, 0.25) is 0 Å². The van der Waals surface area contributed by atoms with E-state index in [0.717, 1.165) is 0 Å². The third kappa shape index (κ3) is 3.00. The molecule has 0 heterocycles. The van der Waals surface area contributed by atoms with Crippen LogP contribution in [0.1, 0.15) is 39.0 Å². The maximum atomic E-state index is 2.98. The maximum absolute atomic E-state index is 2.98. The number of aryl methyl sites for hydroxylation is 4. The smallest absolute Gasteiger partial charge is 0.0234 e. The summed E-state index contributed by atoms with van der Waals surface area (Å²) in [6, 6.07) is 13.6. The molecule has 2 aromatic carbocycles. The lowest BCUT2D eigenvalue weighted by molar-refractivity contribution is 1.12. The molecule has 0 bridgehead atoms. The Morgan fingerprint density at radius 2 is 0.889 bits per heavy atom. The van der Waals surface area contributed by atoms with Crippen LogP contribution < -0.4 is 0 Å². The molecule has 2 aromatic rings. The summed E-state index contributed by atoms with van der Waals surface area (Å²) in [6.45, 7) is 8.65. The lowest BCUT2D eigenvalue weighted by Crippen LogP contribution is -1.96. The molecule has 18 heavy (non-hydrogen) atoms. The van der Waals surface area contributed by atoms with Crippen LogP contribution in [-0.4, -0.2) is 0 Å². The summed E-state index contributed by atoms with van der Waals surface area (Å²) in [5.41, 5.74) is 8.47. The van der Waals surface area contributed by atoms with Crippen LogP contribution in [0.3, 0.4) is 0 Å². The Balaban J connectivity index is 2.43. The van der Waals surface area contributed by atoms with Crippen molar-refractivity contribution in [2.45, 2.75) is 33.4 Å². The molecule has 0 aromatic heterocycles. The van der Waals surface area contributed by atoms with Crippen molar-refractivity contribution in [3.63, 3.8) is 0 Å². The van der Waals surface area contributed by atoms with Gasteiger partial charge < -0.3 is 0 Å². The van der Waals surface area contributed by atoms with Crippen molar-refractivity contribution < 1.29 is 0 Å². The quantitative estimate of drug-likeness (QED) is 0.671. The second-order valence-corrected chi connectivity index (χ2v) is 5.99. The van der Waals surface area contributed by atoms with Gasteiger partial charge in [0.25, 0.3) is 0 Å². The van der Waals surface area contributed by atoms with Gasteiger partial charge in [-0.15, -0.1) is 9.24 Å². The van der Waals surface area contributed by atoms with Gasteiger partial charge >= 0.3 is 0 Å². The Labute approximate surface area is 113 Å². The third-order valence-corrected chi connectivity index (χ3v) is 3.98. The lowest BCUT2D eigenvalue weighted by Gasteiger charge is -2.15. The van der Waals surface area contributed by atoms with Crippen molar-refractivity contribution in [2.75, 3.05) is 0 Å². The minimum absolute atomic E-state index is 0.377. The van der Waals surface area contributed by atoms with Crippen molar-refractivity contribution in [1.29, 1.82) is 0 Å². The molecular weight excluding hydrogens is 235 g/mol. The highest BCUT2D eigenvalue weighted by Gasteiger charge is 2.10. The highest BCUT2D eigenvalue weighted by molar-refractivity contribution is 7.17. The summed E-state index contributed by atoms with van der Waals surface area (Å²) in [4.78, 5) is 0. The number of rotatable bonds is 2. The van der Waals surface area contributed by atoms with Crippen LogP contribution in [0.15, 0.2) is 36.4 Å². The average molecular weight is 256 g/mol. The molecule has 0 amide bonds. The van der Waals surface area contributed by atoms with Gasteiger partial charge in [0, 0.05) is 5.66 Å². The molecule has 0 saturated carbocycles. The highest BCUT2D eigenvalue weighted by Crippen LogP contribution is 2.33. The predicted octanol–water partition coefficient (Wildman–Crippen LogP) is 4.88. The van der Waals surface area contributed by atoms with Gasteiger partial charge in [0.05, 0.1) is 0 Å². The summed E-state index contributed by atoms with van der Waals surface area (Å²) < 4.78 is 0. The van der Waals surface area contributed by atoms with Crippen molar-refractivity contribution in [3.8, 4) is 0 Å². The minimum Gasteiger partial charge on any atom is -0.125 e. The van der Waals surface area contributed by atoms with Gasteiger partial charge in [-0.2, -0.15) is 0 Å². The molecule has 2 rings (SSSR count). The summed E-state index contributed by atoms with van der Waals surface area (Å²) in [5.74, 6) is 0. The number of hydrogen-bond donors (Lipinski definition) is 0. The highest BCUT2D eigenvalue weighted by atomic mass is 31.0. The van der Waals surface area contributed by atoms with Gasteiger partial charge in [-0.25, -0.2) is 0 Å². The average Bonchev–Trinajstić information content (AvgIpc) is 2.25. The van der Waals surface area contributed by atoms with E-state index in [1.165, 1.54) is 33.4 Å². The van der Waals surface area contributed by atoms with Crippen LogP contribution in [0.5, 0.6) is 0 Å². The standard InChI is InChI=1S/C17H21P/c1-11-5-12(2)8-15(7-11)17(18)16-9-13(3)6-14(4)10-16/h5-10,17H,18H2,1-4H3. The molecule has 0 spiro atoms. The van der Waals surface area contributed by atoms with Crippen LogP contribution in [0.4, 0.5) is 0 Å². The Kier molecular flexibility index (Phi) is 3.88. The van der Waals surface area contributed by atoms with E-state index >= 15 is 0 Å². The van der Waals surface area contributed by atoms with Crippen molar-refractivity contribution in [1.82, 2.24) is 0 Å². The van der Waals surface area contributed by atoms with Gasteiger partial charge in [-0.05, 0) is 38.8 Å². The molecule has 0 saturated heterocycles. The first kappa shape index (κ1) is 13.3. The van der Waals surface area contributed by atoms with Crippen molar-refractivity contribution in [2.24, 2.45) is 0 Å². The van der Waals surface area contributed by atoms with E-state index < -0.39 is 0 Å². The first-order valence-electron chi connectivity index (χ1n) is 6.37. The zero-order valence-corrected chi connectivity index (χ0v) is 12.8. The molecule has 1 unspecified atom stereocenters. The van der Waals surface area contributed by atoms with Crippen molar-refractivity contribution in [3.05, 3.63) is 69.8 Å². The van der Waals surface area contributed by atoms with E-state index in [-0.39, 0.29) is 0 Å². The molecule has 0 aliphatic carbocycles. The maximum Gasteiger partial charge on any atom is 0.0234 e. The molecule has 1 atom stereocenters. The van der Waals surface area contributed by atoms with Gasteiger partial charge in [-0.1, -0.05) is 58.7 Å². The monoisotopic (exact) mass is 256 g/mol. The van der Waals surface area contributed by atoms with Gasteiger partial charge in [0.15, 0.2) is 0 Å². The van der Waals surface area contributed by atoms with Gasteiger partial charge in [0.2, 0.25) is 0 Å². The van der Waals surface area contributed by atoms with Crippen LogP contribution in [0, 0.1) is 27.7 Å². The lowest BCUT2D eigenvalue weighted by atomic mass is 9.97. The van der Waals surface area contributed by atoms with Crippen LogP contribution >= 0.6 is 9.24 Å². The zero-order chi connectivity index (χ0) is 13.3. The Morgan fingerprint density at radius 1 is 0.611 bits per heavy atom. The van der Waals surface area contributed by atoms with E-state index in [0.29, 0.717) is 5.66 Å². The van der Waals surface area contributed by atoms with Gasteiger partial charge in [0.1, 0.15) is 0 Å². The van der Waals surface area contributed by atoms with E-state index in [4.69, 9.17) is 0 Å². The fourth-order valence-electron chi connectivity index (χ4n) is 2.57. The Bertz CT molecular complexity index is 478. The molecule has 0 radical (unpaired) electrons. The van der Waals surface area contributed by atoms with Crippen LogP contribution in [0.25, 0.3) is 0 Å². The summed E-state index contributed by atoms with van der Waals surface area (Å²) in [6.07, 6.45) is 0. The topological polar surface area (TPSA) is 0 Å². The van der Waals surface area contributed by atoms with E-state index in [9.17, 15) is 0 Å². The third-order valence-electron chi connectivity index (χ3n) is 3.21. The van der Waals surface area contributed by atoms with E-state index in [2.05, 4.69) is 73.3 Å². The Morgan fingerprint density at radius 3 is 1.17 bits per heavy atom. The van der Waals surface area contributed by atoms with Crippen molar-refractivity contribution >= 4 is 9.24 Å². The molecular formula is C17H21P. The number of benzene rings is 2. The zero-order valence-electron chi connectivity index (χ0n) is 11.6.